The fourth-order valence-corrected chi connectivity index (χ4v) is 1.62. The summed E-state index contributed by atoms with van der Waals surface area (Å²) in [5.41, 5.74) is 0.185. The van der Waals surface area contributed by atoms with Gasteiger partial charge in [-0.1, -0.05) is 20.8 Å². The molecule has 72 valence electrons. The lowest BCUT2D eigenvalue weighted by Gasteiger charge is -2.21. The first kappa shape index (κ1) is 11.8. The molecular weight excluding hydrogens is 176 g/mol. The standard InChI is InChI=1S/C9H17ClO2/c1-9(2,3)6-7(10)4-5-8(11)12/h7H,4-6H2,1-3H3,(H,11,12). The van der Waals surface area contributed by atoms with Crippen LogP contribution in [-0.2, 0) is 4.79 Å². The molecule has 0 radical (unpaired) electrons. The number of rotatable bonds is 4. The molecule has 2 nitrogen and oxygen atoms in total. The van der Waals surface area contributed by atoms with Crippen LogP contribution in [0.15, 0.2) is 0 Å². The minimum atomic E-state index is -0.769. The third kappa shape index (κ3) is 7.86. The van der Waals surface area contributed by atoms with E-state index in [0.29, 0.717) is 6.42 Å². The lowest BCUT2D eigenvalue weighted by atomic mass is 9.89. The highest BCUT2D eigenvalue weighted by Gasteiger charge is 2.17. The minimum Gasteiger partial charge on any atom is -0.481 e. The maximum absolute atomic E-state index is 10.2. The first-order chi connectivity index (χ1) is 5.31. The van der Waals surface area contributed by atoms with E-state index in [1.807, 2.05) is 0 Å². The summed E-state index contributed by atoms with van der Waals surface area (Å²) in [4.78, 5) is 10.2. The van der Waals surface area contributed by atoms with Crippen molar-refractivity contribution in [2.75, 3.05) is 0 Å². The molecule has 0 aromatic rings. The lowest BCUT2D eigenvalue weighted by Crippen LogP contribution is -2.14. The predicted octanol–water partition coefficient (Wildman–Crippen LogP) is 2.89. The van der Waals surface area contributed by atoms with E-state index in [1.54, 1.807) is 0 Å². The van der Waals surface area contributed by atoms with Crippen LogP contribution in [0, 0.1) is 5.41 Å². The zero-order chi connectivity index (χ0) is 9.78. The monoisotopic (exact) mass is 192 g/mol. The molecule has 1 atom stereocenters. The van der Waals surface area contributed by atoms with E-state index >= 15 is 0 Å². The zero-order valence-electron chi connectivity index (χ0n) is 7.93. The summed E-state index contributed by atoms with van der Waals surface area (Å²) in [7, 11) is 0. The predicted molar refractivity (Wildman–Crippen MR) is 50.6 cm³/mol. The molecule has 0 aromatic heterocycles. The van der Waals surface area contributed by atoms with Crippen LogP contribution in [0.3, 0.4) is 0 Å². The van der Waals surface area contributed by atoms with Gasteiger partial charge in [0, 0.05) is 11.8 Å². The van der Waals surface area contributed by atoms with Gasteiger partial charge in [0.05, 0.1) is 0 Å². The normalized spacial score (nSPS) is 14.3. The number of carbonyl (C=O) groups is 1. The number of carboxylic acids is 1. The van der Waals surface area contributed by atoms with Crippen molar-refractivity contribution in [3.8, 4) is 0 Å². The SMILES string of the molecule is CC(C)(C)CC(Cl)CCC(=O)O. The van der Waals surface area contributed by atoms with Gasteiger partial charge in [-0.3, -0.25) is 4.79 Å². The number of alkyl halides is 1. The molecular formula is C9H17ClO2. The number of hydrogen-bond donors (Lipinski definition) is 1. The second-order valence-corrected chi connectivity index (χ2v) is 4.91. The van der Waals surface area contributed by atoms with Gasteiger partial charge in [-0.05, 0) is 18.3 Å². The molecule has 1 N–H and O–H groups in total. The van der Waals surface area contributed by atoms with Crippen LogP contribution in [-0.4, -0.2) is 16.5 Å². The van der Waals surface area contributed by atoms with Crippen molar-refractivity contribution in [3.63, 3.8) is 0 Å². The molecule has 0 aromatic carbocycles. The quantitative estimate of drug-likeness (QED) is 0.696. The Balaban J connectivity index is 3.60. The van der Waals surface area contributed by atoms with Gasteiger partial charge in [0.15, 0.2) is 0 Å². The zero-order valence-corrected chi connectivity index (χ0v) is 8.69. The van der Waals surface area contributed by atoms with Crippen LogP contribution in [0.2, 0.25) is 0 Å². The Kier molecular flexibility index (Phi) is 4.61. The van der Waals surface area contributed by atoms with E-state index in [0.717, 1.165) is 6.42 Å². The third-order valence-corrected chi connectivity index (χ3v) is 1.88. The first-order valence-corrected chi connectivity index (χ1v) is 4.61. The fourth-order valence-electron chi connectivity index (χ4n) is 1.05. The van der Waals surface area contributed by atoms with Gasteiger partial charge >= 0.3 is 5.97 Å². The highest BCUT2D eigenvalue weighted by Crippen LogP contribution is 2.25. The van der Waals surface area contributed by atoms with Crippen molar-refractivity contribution in [3.05, 3.63) is 0 Å². The molecule has 0 heterocycles. The van der Waals surface area contributed by atoms with Gasteiger partial charge in [0.25, 0.3) is 0 Å². The van der Waals surface area contributed by atoms with Crippen LogP contribution in [0.4, 0.5) is 0 Å². The third-order valence-electron chi connectivity index (χ3n) is 1.51. The smallest absolute Gasteiger partial charge is 0.303 e. The first-order valence-electron chi connectivity index (χ1n) is 4.17. The number of halogens is 1. The Labute approximate surface area is 78.9 Å². The van der Waals surface area contributed by atoms with E-state index in [-0.39, 0.29) is 17.2 Å². The summed E-state index contributed by atoms with van der Waals surface area (Å²) < 4.78 is 0. The molecule has 0 spiro atoms. The van der Waals surface area contributed by atoms with Gasteiger partial charge in [-0.25, -0.2) is 0 Å². The van der Waals surface area contributed by atoms with Crippen LogP contribution >= 0.6 is 11.6 Å². The van der Waals surface area contributed by atoms with Crippen molar-refractivity contribution in [1.29, 1.82) is 0 Å². The van der Waals surface area contributed by atoms with E-state index in [4.69, 9.17) is 16.7 Å². The highest BCUT2D eigenvalue weighted by atomic mass is 35.5. The summed E-state index contributed by atoms with van der Waals surface area (Å²) in [6.07, 6.45) is 1.60. The van der Waals surface area contributed by atoms with Gasteiger partial charge < -0.3 is 5.11 Å². The molecule has 0 aliphatic carbocycles. The molecule has 0 saturated carbocycles. The molecule has 0 aliphatic heterocycles. The van der Waals surface area contributed by atoms with Gasteiger partial charge in [-0.15, -0.1) is 11.6 Å². The van der Waals surface area contributed by atoms with Crippen LogP contribution in [0.1, 0.15) is 40.0 Å². The molecule has 1 unspecified atom stereocenters. The van der Waals surface area contributed by atoms with Crippen LogP contribution < -0.4 is 0 Å². The molecule has 0 rings (SSSR count). The molecule has 0 fully saturated rings. The van der Waals surface area contributed by atoms with Crippen molar-refractivity contribution < 1.29 is 9.90 Å². The Morgan fingerprint density at radius 3 is 2.33 bits per heavy atom. The summed E-state index contributed by atoms with van der Waals surface area (Å²) >= 11 is 5.95. The molecule has 0 aliphatic rings. The second kappa shape index (κ2) is 4.70. The summed E-state index contributed by atoms with van der Waals surface area (Å²) in [6.45, 7) is 6.30. The minimum absolute atomic E-state index is 0.0129. The Morgan fingerprint density at radius 1 is 1.50 bits per heavy atom. The van der Waals surface area contributed by atoms with Gasteiger partial charge in [0.2, 0.25) is 0 Å². The number of carboxylic acid groups (broad SMARTS) is 1. The molecule has 3 heteroatoms. The largest absolute Gasteiger partial charge is 0.481 e. The van der Waals surface area contributed by atoms with Crippen LogP contribution in [0.5, 0.6) is 0 Å². The number of aliphatic carboxylic acids is 1. The van der Waals surface area contributed by atoms with E-state index in [2.05, 4.69) is 20.8 Å². The summed E-state index contributed by atoms with van der Waals surface area (Å²) in [5, 5.41) is 8.39. The van der Waals surface area contributed by atoms with Crippen molar-refractivity contribution >= 4 is 17.6 Å². The maximum atomic E-state index is 10.2. The number of hydrogen-bond acceptors (Lipinski definition) is 1. The van der Waals surface area contributed by atoms with Crippen LogP contribution in [0.25, 0.3) is 0 Å². The Hall–Kier alpha value is -0.240. The van der Waals surface area contributed by atoms with Crippen molar-refractivity contribution in [2.24, 2.45) is 5.41 Å². The average molecular weight is 193 g/mol. The highest BCUT2D eigenvalue weighted by molar-refractivity contribution is 6.20. The van der Waals surface area contributed by atoms with E-state index in [9.17, 15) is 4.79 Å². The topological polar surface area (TPSA) is 37.3 Å². The van der Waals surface area contributed by atoms with Gasteiger partial charge in [-0.2, -0.15) is 0 Å². The maximum Gasteiger partial charge on any atom is 0.303 e. The Bertz CT molecular complexity index is 149. The lowest BCUT2D eigenvalue weighted by molar-refractivity contribution is -0.137. The second-order valence-electron chi connectivity index (χ2n) is 4.29. The molecule has 0 amide bonds. The van der Waals surface area contributed by atoms with Crippen molar-refractivity contribution in [2.45, 2.75) is 45.4 Å². The van der Waals surface area contributed by atoms with E-state index in [1.165, 1.54) is 0 Å². The summed E-state index contributed by atoms with van der Waals surface area (Å²) in [6, 6.07) is 0. The summed E-state index contributed by atoms with van der Waals surface area (Å²) in [5.74, 6) is -0.769. The molecule has 0 bridgehead atoms. The van der Waals surface area contributed by atoms with Gasteiger partial charge in [0.1, 0.15) is 0 Å². The molecule has 12 heavy (non-hydrogen) atoms. The Morgan fingerprint density at radius 2 is 2.00 bits per heavy atom. The fraction of sp³-hybridized carbons (Fsp3) is 0.889. The molecule has 0 saturated heterocycles. The average Bonchev–Trinajstić information content (AvgIpc) is 1.79. The van der Waals surface area contributed by atoms with Crippen molar-refractivity contribution in [1.82, 2.24) is 0 Å². The van der Waals surface area contributed by atoms with E-state index < -0.39 is 5.97 Å².